The molecule has 0 saturated heterocycles. The molecule has 0 radical (unpaired) electrons. The first-order valence-corrected chi connectivity index (χ1v) is 11.1. The lowest BCUT2D eigenvalue weighted by Crippen LogP contribution is -2.34. The normalized spacial score (nSPS) is 20.1. The van der Waals surface area contributed by atoms with Crippen molar-refractivity contribution in [3.8, 4) is 17.1 Å². The smallest absolute Gasteiger partial charge is 0.149 e. The third-order valence-corrected chi connectivity index (χ3v) is 6.23. The van der Waals surface area contributed by atoms with Gasteiger partial charge in [-0.3, -0.25) is 4.57 Å². The van der Waals surface area contributed by atoms with Gasteiger partial charge in [-0.05, 0) is 42.5 Å². The maximum Gasteiger partial charge on any atom is 0.149 e. The summed E-state index contributed by atoms with van der Waals surface area (Å²) >= 11 is 6.28. The number of allylic oxidation sites excluding steroid dienone is 4. The van der Waals surface area contributed by atoms with Crippen molar-refractivity contribution in [1.82, 2.24) is 24.5 Å². The Morgan fingerprint density at radius 2 is 1.88 bits per heavy atom. The van der Waals surface area contributed by atoms with Crippen LogP contribution < -0.4 is 0 Å². The van der Waals surface area contributed by atoms with Gasteiger partial charge < -0.3 is 4.98 Å². The zero-order valence-corrected chi connectivity index (χ0v) is 18.2. The molecule has 3 aliphatic rings. The number of aromatic nitrogens is 5. The highest BCUT2D eigenvalue weighted by Gasteiger charge is 2.42. The first-order valence-electron chi connectivity index (χ1n) is 10.7. The predicted octanol–water partition coefficient (Wildman–Crippen LogP) is 6.06. The van der Waals surface area contributed by atoms with Gasteiger partial charge in [0.1, 0.15) is 23.0 Å². The van der Waals surface area contributed by atoms with Crippen LogP contribution in [0.5, 0.6) is 0 Å². The average Bonchev–Trinajstić information content (AvgIpc) is 3.40. The molecule has 0 fully saturated rings. The van der Waals surface area contributed by atoms with Gasteiger partial charge in [-0.1, -0.05) is 48.0 Å². The Morgan fingerprint density at radius 3 is 2.76 bits per heavy atom. The number of H-pyrrole nitrogens is 1. The Balaban J connectivity index is 1.47. The van der Waals surface area contributed by atoms with Crippen LogP contribution >= 0.6 is 11.6 Å². The van der Waals surface area contributed by atoms with E-state index in [2.05, 4.69) is 15.0 Å². The molecule has 2 atom stereocenters. The van der Waals surface area contributed by atoms with Crippen molar-refractivity contribution in [3.05, 3.63) is 108 Å². The quantitative estimate of drug-likeness (QED) is 0.358. The molecule has 0 spiro atoms. The minimum atomic E-state index is -1.75. The van der Waals surface area contributed by atoms with Crippen LogP contribution in [-0.2, 0) is 6.42 Å². The van der Waals surface area contributed by atoms with Crippen molar-refractivity contribution in [2.45, 2.75) is 18.0 Å². The Hall–Kier alpha value is -3.77. The molecule has 6 rings (SSSR count). The second-order valence-electron chi connectivity index (χ2n) is 8.15. The molecular weight excluding hydrogens is 437 g/mol. The molecule has 3 heterocycles. The van der Waals surface area contributed by atoms with E-state index in [1.165, 1.54) is 0 Å². The molecule has 1 aromatic heterocycles. The topological polar surface area (TPSA) is 59.4 Å². The molecule has 3 aromatic rings. The van der Waals surface area contributed by atoms with Gasteiger partial charge in [-0.2, -0.15) is 0 Å². The number of aromatic amines is 1. The number of imidazole rings is 2. The van der Waals surface area contributed by atoms with E-state index in [0.717, 1.165) is 22.4 Å². The van der Waals surface area contributed by atoms with Gasteiger partial charge in [-0.25, -0.2) is 19.3 Å². The minimum absolute atomic E-state index is 0.0523. The van der Waals surface area contributed by atoms with Gasteiger partial charge in [-0.15, -0.1) is 0 Å². The highest BCUT2D eigenvalue weighted by atomic mass is 35.5. The number of halogens is 2. The van der Waals surface area contributed by atoms with Gasteiger partial charge in [0.05, 0.1) is 22.6 Å². The van der Waals surface area contributed by atoms with Gasteiger partial charge in [0.15, 0.2) is 0 Å². The van der Waals surface area contributed by atoms with E-state index in [1.807, 2.05) is 71.3 Å². The van der Waals surface area contributed by atoms with E-state index in [-0.39, 0.29) is 6.42 Å². The van der Waals surface area contributed by atoms with E-state index >= 15 is 4.39 Å². The number of alkyl halides is 1. The number of rotatable bonds is 4. The van der Waals surface area contributed by atoms with E-state index in [1.54, 1.807) is 24.5 Å². The zero-order valence-electron chi connectivity index (χ0n) is 17.5. The van der Waals surface area contributed by atoms with E-state index in [4.69, 9.17) is 16.6 Å². The highest BCUT2D eigenvalue weighted by Crippen LogP contribution is 2.40. The minimum Gasteiger partial charge on any atom is -0.366 e. The maximum atomic E-state index is 16.7. The van der Waals surface area contributed by atoms with Gasteiger partial charge in [0.25, 0.3) is 0 Å². The van der Waals surface area contributed by atoms with Crippen molar-refractivity contribution >= 4 is 22.6 Å². The van der Waals surface area contributed by atoms with Crippen LogP contribution in [0, 0.1) is 0 Å². The largest absolute Gasteiger partial charge is 0.366 e. The number of nitrogens with zero attached hydrogens (tertiary/aromatic N) is 4. The first-order chi connectivity index (χ1) is 16.1. The Labute approximate surface area is 194 Å². The lowest BCUT2D eigenvalue weighted by atomic mass is 9.82. The molecule has 5 nitrogen and oxygen atoms in total. The molecule has 2 unspecified atom stereocenters. The van der Waals surface area contributed by atoms with Crippen LogP contribution in [0.3, 0.4) is 0 Å². The third-order valence-electron chi connectivity index (χ3n) is 6.00. The van der Waals surface area contributed by atoms with Crippen molar-refractivity contribution in [2.24, 2.45) is 0 Å². The van der Waals surface area contributed by atoms with Crippen molar-refractivity contribution < 1.29 is 4.39 Å². The summed E-state index contributed by atoms with van der Waals surface area (Å²) in [5.41, 5.74) is 2.24. The van der Waals surface area contributed by atoms with Crippen molar-refractivity contribution in [2.75, 3.05) is 0 Å². The van der Waals surface area contributed by atoms with Crippen LogP contribution in [0.2, 0.25) is 5.02 Å². The van der Waals surface area contributed by atoms with Crippen LogP contribution in [0.25, 0.3) is 28.1 Å². The fraction of sp³-hybridized carbons (Fsp3) is 0.115. The molecule has 0 bridgehead atoms. The van der Waals surface area contributed by atoms with Gasteiger partial charge in [0.2, 0.25) is 0 Å². The van der Waals surface area contributed by atoms with Crippen LogP contribution in [0.15, 0.2) is 91.3 Å². The number of benzene rings is 2. The maximum absolute atomic E-state index is 16.7. The zero-order chi connectivity index (χ0) is 22.4. The summed E-state index contributed by atoms with van der Waals surface area (Å²) in [5.74, 6) is 0.427. The standard InChI is InChI=1S/C26H19ClFN5/c27-17-6-5-7-18(14-17)33-23-10-2-1-9-21(23)30-24(33)15-26(28)12-4-3-8-19(26)25-31-20-11-13-29-16-22(20)32-25/h1-14,16,19,29H,15H2. The molecule has 0 amide bonds. The lowest BCUT2D eigenvalue weighted by molar-refractivity contribution is 0.195. The van der Waals surface area contributed by atoms with Gasteiger partial charge >= 0.3 is 0 Å². The summed E-state index contributed by atoms with van der Waals surface area (Å²) < 4.78 is 18.7. The number of para-hydroxylation sites is 2. The summed E-state index contributed by atoms with van der Waals surface area (Å²) in [5, 5.41) is 0.609. The second-order valence-corrected chi connectivity index (χ2v) is 8.59. The second kappa shape index (κ2) is 7.67. The summed E-state index contributed by atoms with van der Waals surface area (Å²) in [6, 6.07) is 17.2. The molecule has 0 saturated carbocycles. The molecule has 2 aliphatic heterocycles. The van der Waals surface area contributed by atoms with E-state index < -0.39 is 11.6 Å². The Bertz CT molecular complexity index is 1470. The van der Waals surface area contributed by atoms with Crippen LogP contribution in [-0.4, -0.2) is 30.2 Å². The predicted molar refractivity (Wildman–Crippen MR) is 128 cm³/mol. The molecule has 7 heteroatoms. The van der Waals surface area contributed by atoms with Crippen LogP contribution in [0.1, 0.15) is 17.6 Å². The Kier molecular flexibility index (Phi) is 4.62. The molecule has 1 N–H and O–H groups in total. The fourth-order valence-electron chi connectivity index (χ4n) is 4.47. The molecule has 33 heavy (non-hydrogen) atoms. The van der Waals surface area contributed by atoms with E-state index in [9.17, 15) is 0 Å². The molecule has 162 valence electrons. The molecule has 2 aromatic carbocycles. The molecule has 1 aliphatic carbocycles. The number of fused-ring (bicyclic) bond motifs is 2. The van der Waals surface area contributed by atoms with Crippen molar-refractivity contribution in [3.63, 3.8) is 0 Å². The first kappa shape index (κ1) is 19.9. The summed E-state index contributed by atoms with van der Waals surface area (Å²) in [6.07, 6.45) is 10.6. The van der Waals surface area contributed by atoms with E-state index in [0.29, 0.717) is 22.4 Å². The Morgan fingerprint density at radius 1 is 1.00 bits per heavy atom. The van der Waals surface area contributed by atoms with Crippen molar-refractivity contribution in [1.29, 1.82) is 0 Å². The van der Waals surface area contributed by atoms with Crippen LogP contribution in [0.4, 0.5) is 4.39 Å². The summed E-state index contributed by atoms with van der Waals surface area (Å²) in [4.78, 5) is 17.0. The van der Waals surface area contributed by atoms with Gasteiger partial charge in [0, 0.05) is 29.5 Å². The lowest BCUT2D eigenvalue weighted by Gasteiger charge is -2.29. The average molecular weight is 456 g/mol. The molecular formula is C26H19ClFN5. The summed E-state index contributed by atoms with van der Waals surface area (Å²) in [6.45, 7) is 0. The summed E-state index contributed by atoms with van der Waals surface area (Å²) in [7, 11) is 0. The third kappa shape index (κ3) is 3.43. The number of pyridine rings is 1. The number of nitrogens with one attached hydrogen (secondary N) is 1. The highest BCUT2D eigenvalue weighted by molar-refractivity contribution is 6.30. The fourth-order valence-corrected chi connectivity index (χ4v) is 4.66. The SMILES string of the molecule is FC1(Cc2nc3ccccc3n2-c2cccc(Cl)c2)C=CC=CC1c1nc2cc[nH]cc-2n1. The number of hydrogen-bond donors (Lipinski definition) is 1. The monoisotopic (exact) mass is 455 g/mol. The number of hydrogen-bond acceptors (Lipinski definition) is 3.